The highest BCUT2D eigenvalue weighted by Crippen LogP contribution is 2.35. The van der Waals surface area contributed by atoms with Gasteiger partial charge < -0.3 is 21.3 Å². The van der Waals surface area contributed by atoms with E-state index in [1.807, 2.05) is 7.05 Å². The molecule has 2 aliphatic rings. The summed E-state index contributed by atoms with van der Waals surface area (Å²) in [6, 6.07) is 3.81. The fourth-order valence-electron chi connectivity index (χ4n) is 3.93. The van der Waals surface area contributed by atoms with Crippen LogP contribution in [0.25, 0.3) is 0 Å². The van der Waals surface area contributed by atoms with E-state index in [2.05, 4.69) is 25.5 Å². The minimum absolute atomic E-state index is 0. The summed E-state index contributed by atoms with van der Waals surface area (Å²) in [7, 11) is 1.95. The number of aryl methyl sites for hydroxylation is 1. The number of nitrogen functional groups attached to an aromatic ring is 1. The van der Waals surface area contributed by atoms with Gasteiger partial charge in [-0.1, -0.05) is 0 Å². The van der Waals surface area contributed by atoms with Crippen LogP contribution in [-0.2, 0) is 19.0 Å². The van der Waals surface area contributed by atoms with Crippen LogP contribution in [0.15, 0.2) is 18.2 Å². The summed E-state index contributed by atoms with van der Waals surface area (Å²) in [4.78, 5) is 11.5. The molecule has 0 radical (unpaired) electrons. The van der Waals surface area contributed by atoms with Crippen LogP contribution in [0.4, 0.5) is 36.3 Å². The summed E-state index contributed by atoms with van der Waals surface area (Å²) in [5.41, 5.74) is 7.26. The molecule has 2 aromatic rings. The maximum atomic E-state index is 13.1. The second-order valence-electron chi connectivity index (χ2n) is 7.34. The molecule has 0 amide bonds. The van der Waals surface area contributed by atoms with Gasteiger partial charge in [0.25, 0.3) is 0 Å². The first kappa shape index (κ1) is 24.3. The van der Waals surface area contributed by atoms with Crippen molar-refractivity contribution in [3.05, 3.63) is 35.0 Å². The Bertz CT molecular complexity index is 893. The lowest BCUT2D eigenvalue weighted by molar-refractivity contribution is -0.137. The minimum Gasteiger partial charge on any atom is -0.399 e. The number of anilines is 4. The van der Waals surface area contributed by atoms with E-state index in [1.54, 1.807) is 0 Å². The molecule has 6 nitrogen and oxygen atoms in total. The number of nitrogens with one attached hydrogen (secondary N) is 2. The van der Waals surface area contributed by atoms with Crippen LogP contribution in [0.2, 0.25) is 0 Å². The smallest absolute Gasteiger partial charge is 0.399 e. The molecule has 4 rings (SSSR count). The number of nitrogens with zero attached hydrogens (tertiary/aromatic N) is 3. The maximum absolute atomic E-state index is 13.1. The number of aromatic nitrogens is 2. The van der Waals surface area contributed by atoms with Crippen molar-refractivity contribution in [3.8, 4) is 0 Å². The van der Waals surface area contributed by atoms with Crippen LogP contribution >= 0.6 is 24.8 Å². The molecule has 1 fully saturated rings. The van der Waals surface area contributed by atoms with Crippen molar-refractivity contribution in [1.29, 1.82) is 0 Å². The van der Waals surface area contributed by atoms with Gasteiger partial charge in [-0.2, -0.15) is 18.2 Å². The van der Waals surface area contributed by atoms with E-state index < -0.39 is 11.7 Å². The Kier molecular flexibility index (Phi) is 7.65. The Morgan fingerprint density at radius 1 is 1.13 bits per heavy atom. The zero-order chi connectivity index (χ0) is 19.9. The predicted octanol–water partition coefficient (Wildman–Crippen LogP) is 3.95. The molecule has 11 heteroatoms. The molecule has 0 unspecified atom stereocenters. The van der Waals surface area contributed by atoms with Crippen molar-refractivity contribution in [3.63, 3.8) is 0 Å². The molecule has 4 N–H and O–H groups in total. The van der Waals surface area contributed by atoms with Crippen molar-refractivity contribution in [2.75, 3.05) is 36.1 Å². The first-order valence-electron chi connectivity index (χ1n) is 9.40. The van der Waals surface area contributed by atoms with E-state index in [0.29, 0.717) is 12.0 Å². The molecule has 0 saturated carbocycles. The quantitative estimate of drug-likeness (QED) is 0.594. The number of rotatable bonds is 4. The molecule has 1 aliphatic carbocycles. The van der Waals surface area contributed by atoms with Gasteiger partial charge in [-0.3, -0.25) is 0 Å². The van der Waals surface area contributed by atoms with Crippen LogP contribution in [0, 0.1) is 0 Å². The monoisotopic (exact) mass is 464 g/mol. The molecule has 166 valence electrons. The fourth-order valence-corrected chi connectivity index (χ4v) is 3.93. The molecule has 1 aromatic carbocycles. The maximum Gasteiger partial charge on any atom is 0.416 e. The SMILES string of the molecule is CN[C@H]1CCN(c2nc(Nc3cc(N)cc(C(F)(F)F)c3)nc3c2CCC3)C1.Cl.Cl. The Morgan fingerprint density at radius 3 is 2.57 bits per heavy atom. The summed E-state index contributed by atoms with van der Waals surface area (Å²) in [5.74, 6) is 1.20. The van der Waals surface area contributed by atoms with Gasteiger partial charge in [0.15, 0.2) is 0 Å². The normalized spacial score (nSPS) is 17.9. The lowest BCUT2D eigenvalue weighted by Gasteiger charge is -2.21. The zero-order valence-electron chi connectivity index (χ0n) is 16.4. The fraction of sp³-hybridized carbons (Fsp3) is 0.474. The zero-order valence-corrected chi connectivity index (χ0v) is 18.1. The molecule has 0 spiro atoms. The number of fused-ring (bicyclic) bond motifs is 1. The number of hydrogen-bond acceptors (Lipinski definition) is 6. The Hall–Kier alpha value is -1.97. The average Bonchev–Trinajstić information content (AvgIpc) is 3.29. The highest BCUT2D eigenvalue weighted by Gasteiger charge is 2.31. The van der Waals surface area contributed by atoms with Crippen LogP contribution in [-0.4, -0.2) is 36.1 Å². The molecule has 2 heterocycles. The lowest BCUT2D eigenvalue weighted by Crippen LogP contribution is -2.30. The third-order valence-corrected chi connectivity index (χ3v) is 5.35. The molecular formula is C19H25Cl2F3N6. The second kappa shape index (κ2) is 9.45. The Labute approximate surface area is 185 Å². The Balaban J connectivity index is 0.00000160. The molecule has 30 heavy (non-hydrogen) atoms. The first-order chi connectivity index (χ1) is 13.3. The van der Waals surface area contributed by atoms with Crippen molar-refractivity contribution in [1.82, 2.24) is 15.3 Å². The number of benzene rings is 1. The van der Waals surface area contributed by atoms with Crippen LogP contribution in [0.3, 0.4) is 0 Å². The molecule has 1 aromatic heterocycles. The number of hydrogen-bond donors (Lipinski definition) is 3. The third kappa shape index (κ3) is 5.01. The highest BCUT2D eigenvalue weighted by molar-refractivity contribution is 5.85. The third-order valence-electron chi connectivity index (χ3n) is 5.35. The van der Waals surface area contributed by atoms with E-state index in [0.717, 1.165) is 68.0 Å². The average molecular weight is 465 g/mol. The lowest BCUT2D eigenvalue weighted by atomic mass is 10.1. The van der Waals surface area contributed by atoms with E-state index in [-0.39, 0.29) is 36.2 Å². The summed E-state index contributed by atoms with van der Waals surface area (Å²) in [5, 5.41) is 6.22. The van der Waals surface area contributed by atoms with Gasteiger partial charge in [0.1, 0.15) is 5.82 Å². The Morgan fingerprint density at radius 2 is 1.90 bits per heavy atom. The summed E-state index contributed by atoms with van der Waals surface area (Å²) in [6.07, 6.45) is -0.633. The van der Waals surface area contributed by atoms with Gasteiger partial charge in [0, 0.05) is 36.1 Å². The standard InChI is InChI=1S/C19H23F3N6.2ClH/c1-24-13-5-6-28(10-13)17-15-3-2-4-16(15)26-18(27-17)25-14-8-11(19(20,21)22)7-12(23)9-14;;/h7-9,13,24H,2-6,10,23H2,1H3,(H,25,26,27);2*1H/t13-;;/m0../s1. The summed E-state index contributed by atoms with van der Waals surface area (Å²) >= 11 is 0. The first-order valence-corrected chi connectivity index (χ1v) is 9.40. The van der Waals surface area contributed by atoms with Gasteiger partial charge in [-0.05, 0) is 50.9 Å². The number of alkyl halides is 3. The van der Waals surface area contributed by atoms with Crippen LogP contribution in [0.1, 0.15) is 29.7 Å². The van der Waals surface area contributed by atoms with Crippen LogP contribution in [0.5, 0.6) is 0 Å². The van der Waals surface area contributed by atoms with Gasteiger partial charge in [-0.25, -0.2) is 4.98 Å². The number of nitrogens with two attached hydrogens (primary N) is 1. The van der Waals surface area contributed by atoms with Gasteiger partial charge >= 0.3 is 6.18 Å². The van der Waals surface area contributed by atoms with Crippen molar-refractivity contribution in [2.24, 2.45) is 0 Å². The minimum atomic E-state index is -4.46. The van der Waals surface area contributed by atoms with E-state index >= 15 is 0 Å². The molecular weight excluding hydrogens is 440 g/mol. The van der Waals surface area contributed by atoms with Crippen molar-refractivity contribution >= 4 is 48.0 Å². The number of likely N-dealkylation sites (N-methyl/N-ethyl adjacent to an activating group) is 1. The highest BCUT2D eigenvalue weighted by atomic mass is 35.5. The van der Waals surface area contributed by atoms with E-state index in [1.165, 1.54) is 6.07 Å². The van der Waals surface area contributed by atoms with Crippen molar-refractivity contribution in [2.45, 2.75) is 37.9 Å². The summed E-state index contributed by atoms with van der Waals surface area (Å²) < 4.78 is 39.2. The van der Waals surface area contributed by atoms with Gasteiger partial charge in [-0.15, -0.1) is 24.8 Å². The van der Waals surface area contributed by atoms with E-state index in [9.17, 15) is 13.2 Å². The molecule has 1 saturated heterocycles. The largest absolute Gasteiger partial charge is 0.416 e. The molecule has 1 aliphatic heterocycles. The topological polar surface area (TPSA) is 79.1 Å². The number of halogens is 5. The van der Waals surface area contributed by atoms with Gasteiger partial charge in [0.05, 0.1) is 11.3 Å². The summed E-state index contributed by atoms with van der Waals surface area (Å²) in [6.45, 7) is 1.75. The van der Waals surface area contributed by atoms with Crippen molar-refractivity contribution < 1.29 is 13.2 Å². The second-order valence-corrected chi connectivity index (χ2v) is 7.34. The van der Waals surface area contributed by atoms with E-state index in [4.69, 9.17) is 5.73 Å². The molecule has 0 bridgehead atoms. The van der Waals surface area contributed by atoms with Crippen LogP contribution < -0.4 is 21.3 Å². The molecule has 1 atom stereocenters. The predicted molar refractivity (Wildman–Crippen MR) is 117 cm³/mol. The van der Waals surface area contributed by atoms with Gasteiger partial charge in [0.2, 0.25) is 5.95 Å².